The molecule has 0 radical (unpaired) electrons. The van der Waals surface area contributed by atoms with Crippen molar-refractivity contribution in [3.63, 3.8) is 0 Å². The first kappa shape index (κ1) is 11.2. The van der Waals surface area contributed by atoms with E-state index in [1.54, 1.807) is 18.4 Å². The second kappa shape index (κ2) is 5.10. The lowest BCUT2D eigenvalue weighted by atomic mass is 10.1. The lowest BCUT2D eigenvalue weighted by molar-refractivity contribution is 0.0866. The Morgan fingerprint density at radius 2 is 2.31 bits per heavy atom. The van der Waals surface area contributed by atoms with Gasteiger partial charge in [-0.3, -0.25) is 0 Å². The summed E-state index contributed by atoms with van der Waals surface area (Å²) in [5, 5.41) is 5.33. The molecule has 2 atom stereocenters. The number of hydrogen-bond acceptors (Lipinski definition) is 3. The molecule has 1 aromatic rings. The molecule has 4 heteroatoms. The van der Waals surface area contributed by atoms with Crippen LogP contribution >= 0.6 is 27.3 Å². The number of hydrogen-bond donors (Lipinski definition) is 1. The van der Waals surface area contributed by atoms with Crippen LogP contribution in [0.25, 0.3) is 0 Å². The monoisotopic (exact) mass is 263 g/mol. The van der Waals surface area contributed by atoms with Crippen molar-refractivity contribution in [3.8, 4) is 0 Å². The molecule has 2 unspecified atom stereocenters. The van der Waals surface area contributed by atoms with Gasteiger partial charge in [-0.2, -0.15) is 0 Å². The topological polar surface area (TPSA) is 21.3 Å². The largest absolute Gasteiger partial charge is 0.380 e. The number of thiophene rings is 1. The minimum Gasteiger partial charge on any atom is -0.380 e. The van der Waals surface area contributed by atoms with E-state index in [2.05, 4.69) is 39.6 Å². The zero-order valence-electron chi connectivity index (χ0n) is 8.00. The molecule has 0 bridgehead atoms. The van der Waals surface area contributed by atoms with Gasteiger partial charge < -0.3 is 10.1 Å². The van der Waals surface area contributed by atoms with E-state index in [0.29, 0.717) is 0 Å². The van der Waals surface area contributed by atoms with Crippen molar-refractivity contribution in [1.82, 2.24) is 5.32 Å². The minimum absolute atomic E-state index is 0.181. The van der Waals surface area contributed by atoms with Crippen LogP contribution in [0, 0.1) is 0 Å². The first-order valence-electron chi connectivity index (χ1n) is 4.13. The predicted octanol–water partition coefficient (Wildman–Crippen LogP) is 2.81. The average Bonchev–Trinajstić information content (AvgIpc) is 2.53. The van der Waals surface area contributed by atoms with Crippen molar-refractivity contribution in [3.05, 3.63) is 20.8 Å². The summed E-state index contributed by atoms with van der Waals surface area (Å²) in [7, 11) is 3.68. The molecule has 0 aliphatic rings. The molecule has 1 aromatic heterocycles. The molecule has 1 N–H and O–H groups in total. The summed E-state index contributed by atoms with van der Waals surface area (Å²) in [6, 6.07) is 2.33. The Labute approximate surface area is 91.4 Å². The molecule has 1 rings (SSSR count). The lowest BCUT2D eigenvalue weighted by Gasteiger charge is -2.21. The van der Waals surface area contributed by atoms with Gasteiger partial charge in [-0.15, -0.1) is 11.3 Å². The molecule has 74 valence electrons. The van der Waals surface area contributed by atoms with Gasteiger partial charge in [0.1, 0.15) is 0 Å². The molecule has 13 heavy (non-hydrogen) atoms. The van der Waals surface area contributed by atoms with Crippen molar-refractivity contribution in [2.24, 2.45) is 0 Å². The van der Waals surface area contributed by atoms with E-state index in [1.807, 2.05) is 7.05 Å². The van der Waals surface area contributed by atoms with Crippen molar-refractivity contribution >= 4 is 27.3 Å². The van der Waals surface area contributed by atoms with E-state index >= 15 is 0 Å². The molecule has 0 aliphatic heterocycles. The fourth-order valence-corrected chi connectivity index (χ4v) is 3.06. The van der Waals surface area contributed by atoms with Gasteiger partial charge in [0, 0.05) is 16.5 Å². The molecule has 1 heterocycles. The van der Waals surface area contributed by atoms with Crippen LogP contribution in [0.3, 0.4) is 0 Å². The van der Waals surface area contributed by atoms with Crippen LogP contribution in [0.5, 0.6) is 0 Å². The zero-order chi connectivity index (χ0) is 9.84. The Morgan fingerprint density at radius 3 is 2.69 bits per heavy atom. The van der Waals surface area contributed by atoms with Crippen LogP contribution in [0.2, 0.25) is 0 Å². The molecular weight excluding hydrogens is 250 g/mol. The van der Waals surface area contributed by atoms with Gasteiger partial charge in [0.15, 0.2) is 0 Å². The standard InChI is InChI=1S/C9H14BrNOS/c1-6(12-3)8(11-2)9-7(10)4-5-13-9/h4-6,8,11H,1-3H3. The van der Waals surface area contributed by atoms with Gasteiger partial charge in [0.2, 0.25) is 0 Å². The van der Waals surface area contributed by atoms with Crippen molar-refractivity contribution in [2.75, 3.05) is 14.2 Å². The van der Waals surface area contributed by atoms with Gasteiger partial charge in [-0.25, -0.2) is 0 Å². The van der Waals surface area contributed by atoms with Gasteiger partial charge in [-0.1, -0.05) is 0 Å². The summed E-state index contributed by atoms with van der Waals surface area (Å²) in [6.07, 6.45) is 0.181. The maximum atomic E-state index is 5.31. The molecule has 0 aromatic carbocycles. The van der Waals surface area contributed by atoms with E-state index in [9.17, 15) is 0 Å². The highest BCUT2D eigenvalue weighted by atomic mass is 79.9. The van der Waals surface area contributed by atoms with Crippen LogP contribution in [0.1, 0.15) is 17.8 Å². The number of likely N-dealkylation sites (N-methyl/N-ethyl adjacent to an activating group) is 1. The lowest BCUT2D eigenvalue weighted by Crippen LogP contribution is -2.28. The maximum Gasteiger partial charge on any atom is 0.0746 e. The fraction of sp³-hybridized carbons (Fsp3) is 0.556. The van der Waals surface area contributed by atoms with E-state index in [1.165, 1.54) is 4.88 Å². The van der Waals surface area contributed by atoms with Crippen molar-refractivity contribution in [1.29, 1.82) is 0 Å². The van der Waals surface area contributed by atoms with E-state index in [4.69, 9.17) is 4.74 Å². The molecule has 0 spiro atoms. The van der Waals surface area contributed by atoms with Gasteiger partial charge in [0.25, 0.3) is 0 Å². The molecule has 0 aliphatic carbocycles. The smallest absolute Gasteiger partial charge is 0.0746 e. The van der Waals surface area contributed by atoms with Crippen LogP contribution in [0.15, 0.2) is 15.9 Å². The Bertz CT molecular complexity index is 264. The van der Waals surface area contributed by atoms with Gasteiger partial charge in [0.05, 0.1) is 12.1 Å². The van der Waals surface area contributed by atoms with Crippen LogP contribution in [-0.4, -0.2) is 20.3 Å². The summed E-state index contributed by atoms with van der Waals surface area (Å²) < 4.78 is 6.46. The highest BCUT2D eigenvalue weighted by Crippen LogP contribution is 2.31. The molecule has 0 fully saturated rings. The Morgan fingerprint density at radius 1 is 1.62 bits per heavy atom. The first-order chi connectivity index (χ1) is 6.20. The Balaban J connectivity index is 2.84. The summed E-state index contributed by atoms with van der Waals surface area (Å²) in [5.41, 5.74) is 0. The number of halogens is 1. The number of methoxy groups -OCH3 is 1. The van der Waals surface area contributed by atoms with Crippen LogP contribution < -0.4 is 5.32 Å². The normalized spacial score (nSPS) is 15.7. The highest BCUT2D eigenvalue weighted by Gasteiger charge is 2.20. The quantitative estimate of drug-likeness (QED) is 0.902. The highest BCUT2D eigenvalue weighted by molar-refractivity contribution is 9.10. The average molecular weight is 264 g/mol. The maximum absolute atomic E-state index is 5.31. The van der Waals surface area contributed by atoms with E-state index in [0.717, 1.165) is 4.47 Å². The number of rotatable bonds is 4. The van der Waals surface area contributed by atoms with Crippen molar-refractivity contribution in [2.45, 2.75) is 19.1 Å². The summed E-state index contributed by atoms with van der Waals surface area (Å²) in [4.78, 5) is 1.29. The third-order valence-electron chi connectivity index (χ3n) is 2.08. The summed E-state index contributed by atoms with van der Waals surface area (Å²) in [5.74, 6) is 0. The SMILES string of the molecule is CNC(c1sccc1Br)C(C)OC. The molecule has 2 nitrogen and oxygen atoms in total. The van der Waals surface area contributed by atoms with Gasteiger partial charge >= 0.3 is 0 Å². The summed E-state index contributed by atoms with van der Waals surface area (Å²) in [6.45, 7) is 2.06. The van der Waals surface area contributed by atoms with Crippen LogP contribution in [-0.2, 0) is 4.74 Å². The second-order valence-electron chi connectivity index (χ2n) is 2.84. The number of ether oxygens (including phenoxy) is 1. The molecule has 0 saturated heterocycles. The van der Waals surface area contributed by atoms with Crippen molar-refractivity contribution < 1.29 is 4.74 Å². The fourth-order valence-electron chi connectivity index (χ4n) is 1.24. The Hall–Kier alpha value is 0.1000. The predicted molar refractivity (Wildman–Crippen MR) is 60.3 cm³/mol. The van der Waals surface area contributed by atoms with E-state index < -0.39 is 0 Å². The van der Waals surface area contributed by atoms with E-state index in [-0.39, 0.29) is 12.1 Å². The van der Waals surface area contributed by atoms with Gasteiger partial charge in [-0.05, 0) is 41.3 Å². The zero-order valence-corrected chi connectivity index (χ0v) is 10.4. The van der Waals surface area contributed by atoms with Crippen LogP contribution in [0.4, 0.5) is 0 Å². The first-order valence-corrected chi connectivity index (χ1v) is 5.81. The second-order valence-corrected chi connectivity index (χ2v) is 4.64. The third kappa shape index (κ3) is 2.53. The third-order valence-corrected chi connectivity index (χ3v) is 4.03. The summed E-state index contributed by atoms with van der Waals surface area (Å²) >= 11 is 5.26. The molecule has 0 amide bonds. The molecular formula is C9H14BrNOS. The molecule has 0 saturated carbocycles. The number of nitrogens with one attached hydrogen (secondary N) is 1. The Kier molecular flexibility index (Phi) is 4.38. The minimum atomic E-state index is 0.181.